The summed E-state index contributed by atoms with van der Waals surface area (Å²) in [6, 6.07) is 0. The molecule has 0 spiro atoms. The highest BCUT2D eigenvalue weighted by molar-refractivity contribution is 6.29. The van der Waals surface area contributed by atoms with Crippen LogP contribution in [0.5, 0.6) is 11.8 Å². The molecule has 0 saturated heterocycles. The highest BCUT2D eigenvalue weighted by Gasteiger charge is 2.31. The lowest BCUT2D eigenvalue weighted by atomic mass is 10.1. The van der Waals surface area contributed by atoms with Crippen molar-refractivity contribution >= 4 is 22.8 Å². The van der Waals surface area contributed by atoms with E-state index >= 15 is 0 Å². The van der Waals surface area contributed by atoms with Crippen LogP contribution in [0.2, 0.25) is 5.15 Å². The summed E-state index contributed by atoms with van der Waals surface area (Å²) in [5, 5.41) is 0.247. The molecule has 1 saturated carbocycles. The number of hydrogen-bond donors (Lipinski definition) is 0. The van der Waals surface area contributed by atoms with E-state index in [1.54, 1.807) is 7.11 Å². The summed E-state index contributed by atoms with van der Waals surface area (Å²) in [7, 11) is 3.06. The molecule has 0 aliphatic heterocycles. The molecular weight excluding hydrogens is 332 g/mol. The molecule has 8 nitrogen and oxygen atoms in total. The highest BCUT2D eigenvalue weighted by Crippen LogP contribution is 2.45. The molecule has 24 heavy (non-hydrogen) atoms. The van der Waals surface area contributed by atoms with Crippen molar-refractivity contribution in [3.8, 4) is 23.1 Å². The summed E-state index contributed by atoms with van der Waals surface area (Å²) < 4.78 is 10.7. The van der Waals surface area contributed by atoms with Gasteiger partial charge in [-0.05, 0) is 12.8 Å². The van der Waals surface area contributed by atoms with Crippen LogP contribution >= 0.6 is 11.6 Å². The average molecular weight is 345 g/mol. The number of ether oxygens (including phenoxy) is 2. The second-order valence-corrected chi connectivity index (χ2v) is 5.73. The van der Waals surface area contributed by atoms with E-state index in [0.29, 0.717) is 34.3 Å². The Hall–Kier alpha value is -2.61. The number of methoxy groups -OCH3 is 2. The normalized spacial score (nSPS) is 14.0. The zero-order valence-corrected chi connectivity index (χ0v) is 13.8. The zero-order valence-electron chi connectivity index (χ0n) is 13.0. The Morgan fingerprint density at radius 2 is 1.79 bits per heavy atom. The smallest absolute Gasteiger partial charge is 0.245 e. The number of rotatable bonds is 4. The van der Waals surface area contributed by atoms with E-state index in [0.717, 1.165) is 18.5 Å². The molecule has 9 heteroatoms. The van der Waals surface area contributed by atoms with Gasteiger partial charge in [0.15, 0.2) is 17.0 Å². The van der Waals surface area contributed by atoms with E-state index < -0.39 is 0 Å². The summed E-state index contributed by atoms with van der Waals surface area (Å²) in [6.45, 7) is 0. The van der Waals surface area contributed by atoms with Crippen LogP contribution in [0.1, 0.15) is 24.5 Å². The standard InChI is InChI=1S/C15H13ClN6O2/c1-23-14-9(10(7-3-4-7)18-6-19-14)12-21-13-11(15(22-12)24-2)20-8(16)5-17-13/h5-7H,3-4H2,1-2H3. The minimum absolute atomic E-state index is 0.247. The van der Waals surface area contributed by atoms with Crippen LogP contribution in [0, 0.1) is 0 Å². The Balaban J connectivity index is 1.99. The summed E-state index contributed by atoms with van der Waals surface area (Å²) in [5.74, 6) is 1.49. The van der Waals surface area contributed by atoms with Crippen molar-refractivity contribution in [2.24, 2.45) is 0 Å². The van der Waals surface area contributed by atoms with Crippen LogP contribution < -0.4 is 9.47 Å². The number of halogens is 1. The first-order chi connectivity index (χ1) is 11.7. The van der Waals surface area contributed by atoms with Crippen molar-refractivity contribution in [2.75, 3.05) is 14.2 Å². The molecule has 0 unspecified atom stereocenters. The molecule has 3 heterocycles. The van der Waals surface area contributed by atoms with Gasteiger partial charge in [-0.2, -0.15) is 4.98 Å². The molecule has 1 aliphatic carbocycles. The second-order valence-electron chi connectivity index (χ2n) is 5.34. The third-order valence-corrected chi connectivity index (χ3v) is 3.94. The molecule has 0 N–H and O–H groups in total. The van der Waals surface area contributed by atoms with Gasteiger partial charge in [0.05, 0.1) is 26.1 Å². The Labute approximate surface area is 142 Å². The fourth-order valence-electron chi connectivity index (χ4n) is 2.53. The molecule has 1 aliphatic rings. The first-order valence-corrected chi connectivity index (χ1v) is 7.72. The first-order valence-electron chi connectivity index (χ1n) is 7.34. The summed E-state index contributed by atoms with van der Waals surface area (Å²) in [6.07, 6.45) is 5.08. The van der Waals surface area contributed by atoms with Crippen molar-refractivity contribution in [1.29, 1.82) is 0 Å². The predicted molar refractivity (Wildman–Crippen MR) is 86.2 cm³/mol. The van der Waals surface area contributed by atoms with E-state index in [4.69, 9.17) is 21.1 Å². The van der Waals surface area contributed by atoms with Crippen LogP contribution in [0.25, 0.3) is 22.6 Å². The van der Waals surface area contributed by atoms with E-state index in [1.165, 1.54) is 19.6 Å². The van der Waals surface area contributed by atoms with E-state index in [-0.39, 0.29) is 11.0 Å². The first kappa shape index (κ1) is 14.9. The summed E-state index contributed by atoms with van der Waals surface area (Å²) >= 11 is 5.90. The Morgan fingerprint density at radius 1 is 1.00 bits per heavy atom. The van der Waals surface area contributed by atoms with Gasteiger partial charge in [0.25, 0.3) is 0 Å². The third-order valence-electron chi connectivity index (χ3n) is 3.76. The van der Waals surface area contributed by atoms with Crippen LogP contribution in [-0.4, -0.2) is 44.1 Å². The van der Waals surface area contributed by atoms with Gasteiger partial charge < -0.3 is 9.47 Å². The van der Waals surface area contributed by atoms with Gasteiger partial charge >= 0.3 is 0 Å². The van der Waals surface area contributed by atoms with E-state index in [9.17, 15) is 0 Å². The molecule has 0 radical (unpaired) electrons. The lowest BCUT2D eigenvalue weighted by Gasteiger charge is -2.12. The lowest BCUT2D eigenvalue weighted by molar-refractivity contribution is 0.395. The number of hydrogen-bond acceptors (Lipinski definition) is 8. The van der Waals surface area contributed by atoms with Crippen molar-refractivity contribution in [1.82, 2.24) is 29.9 Å². The predicted octanol–water partition coefficient (Wildman–Crippen LogP) is 2.42. The molecule has 1 fully saturated rings. The van der Waals surface area contributed by atoms with Gasteiger partial charge in [0.1, 0.15) is 17.0 Å². The van der Waals surface area contributed by atoms with Crippen molar-refractivity contribution in [3.05, 3.63) is 23.4 Å². The van der Waals surface area contributed by atoms with Crippen molar-refractivity contribution < 1.29 is 9.47 Å². The maximum absolute atomic E-state index is 5.90. The maximum atomic E-state index is 5.90. The van der Waals surface area contributed by atoms with Crippen LogP contribution in [0.15, 0.2) is 12.5 Å². The number of aromatic nitrogens is 6. The fraction of sp³-hybridized carbons (Fsp3) is 0.333. The lowest BCUT2D eigenvalue weighted by Crippen LogP contribution is -2.04. The van der Waals surface area contributed by atoms with Gasteiger partial charge in [-0.3, -0.25) is 0 Å². The van der Waals surface area contributed by atoms with E-state index in [1.807, 2.05) is 0 Å². The number of fused-ring (bicyclic) bond motifs is 1. The van der Waals surface area contributed by atoms with Gasteiger partial charge in [0, 0.05) is 5.92 Å². The molecular formula is C15H13ClN6O2. The molecule has 122 valence electrons. The van der Waals surface area contributed by atoms with Crippen LogP contribution in [-0.2, 0) is 0 Å². The molecule has 3 aromatic heterocycles. The largest absolute Gasteiger partial charge is 0.480 e. The van der Waals surface area contributed by atoms with Gasteiger partial charge in [0.2, 0.25) is 11.8 Å². The number of nitrogens with zero attached hydrogens (tertiary/aromatic N) is 6. The zero-order chi connectivity index (χ0) is 16.7. The Kier molecular flexibility index (Phi) is 3.61. The monoisotopic (exact) mass is 344 g/mol. The molecule has 0 bridgehead atoms. The van der Waals surface area contributed by atoms with Crippen molar-refractivity contribution in [2.45, 2.75) is 18.8 Å². The SMILES string of the molecule is COc1ncnc(C2CC2)c1-c1nc(OC)c2nc(Cl)cnc2n1. The average Bonchev–Trinajstić information content (AvgIpc) is 3.45. The van der Waals surface area contributed by atoms with Gasteiger partial charge in [-0.15, -0.1) is 0 Å². The van der Waals surface area contributed by atoms with Crippen LogP contribution in [0.4, 0.5) is 0 Å². The second kappa shape index (κ2) is 5.79. The topological polar surface area (TPSA) is 95.8 Å². The molecule has 0 aromatic carbocycles. The van der Waals surface area contributed by atoms with Crippen LogP contribution in [0.3, 0.4) is 0 Å². The van der Waals surface area contributed by atoms with E-state index in [2.05, 4.69) is 29.9 Å². The third kappa shape index (κ3) is 2.48. The molecule has 3 aromatic rings. The van der Waals surface area contributed by atoms with Gasteiger partial charge in [-0.1, -0.05) is 11.6 Å². The quantitative estimate of drug-likeness (QED) is 0.712. The van der Waals surface area contributed by atoms with Crippen molar-refractivity contribution in [3.63, 3.8) is 0 Å². The summed E-state index contributed by atoms with van der Waals surface area (Å²) in [4.78, 5) is 25.9. The molecule has 0 atom stereocenters. The highest BCUT2D eigenvalue weighted by atomic mass is 35.5. The minimum atomic E-state index is 0.247. The summed E-state index contributed by atoms with van der Waals surface area (Å²) in [5.41, 5.74) is 2.33. The molecule has 4 rings (SSSR count). The minimum Gasteiger partial charge on any atom is -0.480 e. The fourth-order valence-corrected chi connectivity index (χ4v) is 2.66. The Morgan fingerprint density at radius 3 is 2.50 bits per heavy atom. The Bertz CT molecular complexity index is 931. The van der Waals surface area contributed by atoms with Gasteiger partial charge in [-0.25, -0.2) is 24.9 Å². The molecule has 0 amide bonds. The maximum Gasteiger partial charge on any atom is 0.245 e.